The van der Waals surface area contributed by atoms with Crippen LogP contribution in [0.2, 0.25) is 0 Å². The third-order valence-corrected chi connectivity index (χ3v) is 5.01. The van der Waals surface area contributed by atoms with Gasteiger partial charge in [-0.2, -0.15) is 0 Å². The van der Waals surface area contributed by atoms with Crippen molar-refractivity contribution in [1.82, 2.24) is 15.1 Å². The number of hydrogen-bond acceptors (Lipinski definition) is 3. The molecule has 1 aliphatic rings. The van der Waals surface area contributed by atoms with Crippen LogP contribution in [-0.2, 0) is 11.3 Å². The van der Waals surface area contributed by atoms with Gasteiger partial charge in [0, 0.05) is 51.3 Å². The Hall–Kier alpha value is -2.80. The quantitative estimate of drug-likeness (QED) is 0.810. The van der Waals surface area contributed by atoms with Crippen LogP contribution in [0.5, 0.6) is 0 Å². The Morgan fingerprint density at radius 2 is 1.72 bits per heavy atom. The van der Waals surface area contributed by atoms with Gasteiger partial charge in [0.25, 0.3) is 5.91 Å². The van der Waals surface area contributed by atoms with Crippen molar-refractivity contribution in [3.8, 4) is 0 Å². The van der Waals surface area contributed by atoms with Gasteiger partial charge in [0.05, 0.1) is 0 Å². The number of nitrogens with zero attached hydrogens (tertiary/aromatic N) is 2. The maximum atomic E-state index is 13.6. The minimum Gasteiger partial charge on any atom is -0.340 e. The molecule has 1 saturated heterocycles. The highest BCUT2D eigenvalue weighted by molar-refractivity contribution is 5.94. The number of rotatable bonds is 6. The molecule has 154 valence electrons. The molecule has 1 fully saturated rings. The van der Waals surface area contributed by atoms with Crippen molar-refractivity contribution >= 4 is 11.8 Å². The zero-order chi connectivity index (χ0) is 20.8. The lowest BCUT2D eigenvalue weighted by molar-refractivity contribution is -0.132. The smallest absolute Gasteiger partial charge is 0.254 e. The Kier molecular flexibility index (Phi) is 6.93. The van der Waals surface area contributed by atoms with Gasteiger partial charge in [-0.15, -0.1) is 0 Å². The van der Waals surface area contributed by atoms with Crippen LogP contribution < -0.4 is 5.32 Å². The summed E-state index contributed by atoms with van der Waals surface area (Å²) in [6.07, 6.45) is 0.182. The summed E-state index contributed by atoms with van der Waals surface area (Å²) in [5.41, 5.74) is 2.06. The van der Waals surface area contributed by atoms with Crippen molar-refractivity contribution in [2.75, 3.05) is 32.7 Å². The van der Waals surface area contributed by atoms with Crippen molar-refractivity contribution < 1.29 is 18.4 Å². The lowest BCUT2D eigenvalue weighted by Crippen LogP contribution is -2.47. The maximum absolute atomic E-state index is 13.6. The first kappa shape index (κ1) is 20.9. The molecule has 0 unspecified atom stereocenters. The molecule has 0 atom stereocenters. The summed E-state index contributed by atoms with van der Waals surface area (Å²) in [6.45, 7) is 5.27. The molecule has 1 aliphatic heterocycles. The molecule has 3 rings (SSSR count). The first-order chi connectivity index (χ1) is 13.9. The van der Waals surface area contributed by atoms with Gasteiger partial charge < -0.3 is 15.1 Å². The fourth-order valence-corrected chi connectivity index (χ4v) is 3.28. The first-order valence-electron chi connectivity index (χ1n) is 9.72. The minimum absolute atomic E-state index is 0.0153. The molecule has 0 spiro atoms. The van der Waals surface area contributed by atoms with Crippen molar-refractivity contribution in [3.63, 3.8) is 0 Å². The Bertz CT molecular complexity index is 865. The molecule has 0 aliphatic carbocycles. The third kappa shape index (κ3) is 5.60. The van der Waals surface area contributed by atoms with Crippen LogP contribution in [0.4, 0.5) is 8.78 Å². The number of piperazine rings is 1. The molecule has 0 saturated carbocycles. The summed E-state index contributed by atoms with van der Waals surface area (Å²) >= 11 is 0. The maximum Gasteiger partial charge on any atom is 0.254 e. The van der Waals surface area contributed by atoms with Gasteiger partial charge in [-0.1, -0.05) is 29.8 Å². The van der Waals surface area contributed by atoms with Gasteiger partial charge in [0.2, 0.25) is 5.91 Å². The van der Waals surface area contributed by atoms with E-state index in [2.05, 4.69) is 5.32 Å². The van der Waals surface area contributed by atoms with E-state index < -0.39 is 17.5 Å². The average molecular weight is 401 g/mol. The monoisotopic (exact) mass is 401 g/mol. The summed E-state index contributed by atoms with van der Waals surface area (Å²) in [5, 5.41) is 3.20. The lowest BCUT2D eigenvalue weighted by Gasteiger charge is -2.29. The van der Waals surface area contributed by atoms with E-state index in [1.165, 1.54) is 11.0 Å². The number of carbonyl (C=O) groups is 2. The van der Waals surface area contributed by atoms with Gasteiger partial charge in [-0.25, -0.2) is 8.78 Å². The standard InChI is InChI=1S/C22H25F2N3O2/c1-16-2-4-17(5-3-16)15-27(11-8-21(28)26-12-9-25-10-13-26)22(29)18-6-7-19(23)20(24)14-18/h2-7,14,25H,8-13,15H2,1H3. The van der Waals surface area contributed by atoms with Gasteiger partial charge in [0.15, 0.2) is 11.6 Å². The SMILES string of the molecule is Cc1ccc(CN(CCC(=O)N2CCNCC2)C(=O)c2ccc(F)c(F)c2)cc1. The van der Waals surface area contributed by atoms with E-state index >= 15 is 0 Å². The normalized spacial score (nSPS) is 14.0. The molecule has 5 nitrogen and oxygen atoms in total. The topological polar surface area (TPSA) is 52.7 Å². The van der Waals surface area contributed by atoms with Gasteiger partial charge in [-0.05, 0) is 30.7 Å². The molecule has 29 heavy (non-hydrogen) atoms. The minimum atomic E-state index is -1.07. The fraction of sp³-hybridized carbons (Fsp3) is 0.364. The highest BCUT2D eigenvalue weighted by atomic mass is 19.2. The second kappa shape index (κ2) is 9.60. The van der Waals surface area contributed by atoms with Crippen molar-refractivity contribution in [3.05, 3.63) is 70.8 Å². The number of aryl methyl sites for hydroxylation is 1. The third-order valence-electron chi connectivity index (χ3n) is 5.01. The van der Waals surface area contributed by atoms with Gasteiger partial charge >= 0.3 is 0 Å². The number of amides is 2. The van der Waals surface area contributed by atoms with E-state index in [0.717, 1.165) is 36.3 Å². The number of carbonyl (C=O) groups excluding carboxylic acids is 2. The summed E-state index contributed by atoms with van der Waals surface area (Å²) in [7, 11) is 0. The summed E-state index contributed by atoms with van der Waals surface area (Å²) in [4.78, 5) is 28.8. The van der Waals surface area contributed by atoms with Crippen LogP contribution in [-0.4, -0.2) is 54.3 Å². The molecular weight excluding hydrogens is 376 g/mol. The zero-order valence-corrected chi connectivity index (χ0v) is 16.5. The molecule has 0 radical (unpaired) electrons. The van der Waals surface area contributed by atoms with Crippen LogP contribution >= 0.6 is 0 Å². The molecule has 7 heteroatoms. The van der Waals surface area contributed by atoms with E-state index in [1.54, 1.807) is 4.90 Å². The van der Waals surface area contributed by atoms with Gasteiger partial charge in [-0.3, -0.25) is 9.59 Å². The number of halogens is 2. The molecule has 1 N–H and O–H groups in total. The number of nitrogens with one attached hydrogen (secondary N) is 1. The van der Waals surface area contributed by atoms with E-state index in [1.807, 2.05) is 31.2 Å². The van der Waals surface area contributed by atoms with Crippen LogP contribution in [0, 0.1) is 18.6 Å². The second-order valence-corrected chi connectivity index (χ2v) is 7.22. The predicted octanol–water partition coefficient (Wildman–Crippen LogP) is 2.74. The van der Waals surface area contributed by atoms with Crippen LogP contribution in [0.25, 0.3) is 0 Å². The highest BCUT2D eigenvalue weighted by Crippen LogP contribution is 2.15. The Morgan fingerprint density at radius 3 is 2.38 bits per heavy atom. The summed E-state index contributed by atoms with van der Waals surface area (Å²) in [6, 6.07) is 10.8. The molecule has 2 amide bonds. The van der Waals surface area contributed by atoms with E-state index in [0.29, 0.717) is 13.1 Å². The molecule has 0 aromatic heterocycles. The van der Waals surface area contributed by atoms with Crippen molar-refractivity contribution in [2.45, 2.75) is 19.9 Å². The van der Waals surface area contributed by atoms with E-state index in [-0.39, 0.29) is 31.0 Å². The highest BCUT2D eigenvalue weighted by Gasteiger charge is 2.21. The first-order valence-corrected chi connectivity index (χ1v) is 9.72. The van der Waals surface area contributed by atoms with Crippen LogP contribution in [0.1, 0.15) is 27.9 Å². The molecule has 1 heterocycles. The van der Waals surface area contributed by atoms with Crippen LogP contribution in [0.15, 0.2) is 42.5 Å². The van der Waals surface area contributed by atoms with Gasteiger partial charge in [0.1, 0.15) is 0 Å². The van der Waals surface area contributed by atoms with E-state index in [9.17, 15) is 18.4 Å². The summed E-state index contributed by atoms with van der Waals surface area (Å²) < 4.78 is 26.9. The van der Waals surface area contributed by atoms with Crippen molar-refractivity contribution in [2.24, 2.45) is 0 Å². The lowest BCUT2D eigenvalue weighted by atomic mass is 10.1. The Balaban J connectivity index is 1.74. The Labute approximate surface area is 169 Å². The second-order valence-electron chi connectivity index (χ2n) is 7.22. The predicted molar refractivity (Wildman–Crippen MR) is 106 cm³/mol. The summed E-state index contributed by atoms with van der Waals surface area (Å²) in [5.74, 6) is -2.51. The molecular formula is C22H25F2N3O2. The molecule has 2 aromatic carbocycles. The van der Waals surface area contributed by atoms with Crippen LogP contribution in [0.3, 0.4) is 0 Å². The zero-order valence-electron chi connectivity index (χ0n) is 16.5. The fourth-order valence-electron chi connectivity index (χ4n) is 3.28. The average Bonchev–Trinajstić information content (AvgIpc) is 2.74. The van der Waals surface area contributed by atoms with E-state index in [4.69, 9.17) is 0 Å². The molecule has 0 bridgehead atoms. The Morgan fingerprint density at radius 1 is 1.03 bits per heavy atom. The molecule has 2 aromatic rings. The number of benzene rings is 2. The van der Waals surface area contributed by atoms with Crippen molar-refractivity contribution in [1.29, 1.82) is 0 Å². The largest absolute Gasteiger partial charge is 0.340 e. The number of hydrogen-bond donors (Lipinski definition) is 1.